The highest BCUT2D eigenvalue weighted by Gasteiger charge is 2.18. The molecule has 0 saturated heterocycles. The lowest BCUT2D eigenvalue weighted by Crippen LogP contribution is -2.14. The lowest BCUT2D eigenvalue weighted by atomic mass is 10.1. The molecule has 358 valence electrons. The minimum absolute atomic E-state index is 0.100. The Hall–Kier alpha value is -7.74. The van der Waals surface area contributed by atoms with Crippen LogP contribution in [0.2, 0.25) is 0 Å². The van der Waals surface area contributed by atoms with Crippen LogP contribution in [0.3, 0.4) is 0 Å². The van der Waals surface area contributed by atoms with Gasteiger partial charge in [0.15, 0.2) is 0 Å². The lowest BCUT2D eigenvalue weighted by molar-refractivity contribution is 0.480. The van der Waals surface area contributed by atoms with Crippen LogP contribution in [0.4, 0.5) is 51.4 Å². The van der Waals surface area contributed by atoms with Gasteiger partial charge < -0.3 is 5.32 Å². The van der Waals surface area contributed by atoms with Gasteiger partial charge in [0, 0.05) is 19.4 Å². The van der Waals surface area contributed by atoms with Crippen molar-refractivity contribution < 1.29 is 38.9 Å². The van der Waals surface area contributed by atoms with Crippen LogP contribution < -0.4 is 5.32 Å². The molecule has 0 bridgehead atoms. The normalized spacial score (nSPS) is 12.5. The third kappa shape index (κ3) is 14.9. The highest BCUT2D eigenvalue weighted by atomic mass is 32.2. The smallest absolute Gasteiger partial charge is 0.296 e. The summed E-state index contributed by atoms with van der Waals surface area (Å²) in [5.74, 6) is 0.594. The Bertz CT molecular complexity index is 3490. The number of azo groups is 4. The first kappa shape index (κ1) is 50.1. The lowest BCUT2D eigenvalue weighted by Gasteiger charge is -2.11. The second-order valence-corrected chi connectivity index (χ2v) is 19.8. The molecule has 0 saturated carbocycles. The fourth-order valence-corrected chi connectivity index (χ4v) is 8.11. The maximum Gasteiger partial charge on any atom is 0.296 e. The molecular formula is C46H42N12O9S3. The molecule has 0 fully saturated rings. The van der Waals surface area contributed by atoms with E-state index in [2.05, 4.69) is 56.2 Å². The average Bonchev–Trinajstić information content (AvgIpc) is 3.31. The van der Waals surface area contributed by atoms with Gasteiger partial charge in [0.25, 0.3) is 30.4 Å². The SMILES string of the molecule is Cc1cc(Cc2nc(Cc3ccc(N=Nc4ccc(N=Nc5ccccc5)cc4S(=O)(=O)O)c(C)c3)nc(NCCCS(=O)(=O)O)n2)ccc1N=Nc1ccc(N=Nc2ccc(S(=O)(=O)O)cc2)cc1. The zero-order valence-electron chi connectivity index (χ0n) is 37.2. The van der Waals surface area contributed by atoms with E-state index in [4.69, 9.17) is 9.54 Å². The first-order chi connectivity index (χ1) is 33.3. The van der Waals surface area contributed by atoms with E-state index >= 15 is 0 Å². The van der Waals surface area contributed by atoms with E-state index in [-0.39, 0.29) is 41.6 Å². The van der Waals surface area contributed by atoms with Gasteiger partial charge in [-0.15, -0.1) is 5.11 Å². The Labute approximate surface area is 402 Å². The first-order valence-electron chi connectivity index (χ1n) is 21.0. The average molecular weight is 1000 g/mol. The van der Waals surface area contributed by atoms with Gasteiger partial charge >= 0.3 is 0 Å². The molecule has 21 nitrogen and oxygen atoms in total. The molecular weight excluding hydrogens is 961 g/mol. The minimum Gasteiger partial charge on any atom is -0.354 e. The van der Waals surface area contributed by atoms with Crippen LogP contribution in [0.25, 0.3) is 0 Å². The summed E-state index contributed by atoms with van der Waals surface area (Å²) in [4.78, 5) is 13.2. The van der Waals surface area contributed by atoms with Crippen molar-refractivity contribution in [1.82, 2.24) is 15.0 Å². The van der Waals surface area contributed by atoms with Gasteiger partial charge in [0.2, 0.25) is 5.95 Å². The van der Waals surface area contributed by atoms with Crippen molar-refractivity contribution in [2.45, 2.75) is 42.9 Å². The molecule has 0 radical (unpaired) electrons. The highest BCUT2D eigenvalue weighted by Crippen LogP contribution is 2.33. The Morgan fingerprint density at radius 1 is 0.471 bits per heavy atom. The summed E-state index contributed by atoms with van der Waals surface area (Å²) in [6.07, 6.45) is 0.660. The summed E-state index contributed by atoms with van der Waals surface area (Å²) >= 11 is 0. The van der Waals surface area contributed by atoms with Crippen molar-refractivity contribution in [2.75, 3.05) is 17.6 Å². The summed E-state index contributed by atoms with van der Waals surface area (Å²) in [6, 6.07) is 35.9. The van der Waals surface area contributed by atoms with Crippen molar-refractivity contribution >= 4 is 81.8 Å². The van der Waals surface area contributed by atoms with Crippen LogP contribution in [0.5, 0.6) is 0 Å². The van der Waals surface area contributed by atoms with Gasteiger partial charge in [-0.3, -0.25) is 13.7 Å². The van der Waals surface area contributed by atoms with Crippen LogP contribution in [-0.4, -0.2) is 66.2 Å². The fourth-order valence-electron chi connectivity index (χ4n) is 6.47. The van der Waals surface area contributed by atoms with E-state index in [1.807, 2.05) is 37.3 Å². The van der Waals surface area contributed by atoms with Crippen molar-refractivity contribution in [2.24, 2.45) is 40.9 Å². The van der Waals surface area contributed by atoms with Gasteiger partial charge in [0.1, 0.15) is 22.2 Å². The number of aryl methyl sites for hydroxylation is 2. The van der Waals surface area contributed by atoms with Crippen LogP contribution >= 0.6 is 0 Å². The maximum absolute atomic E-state index is 12.3. The van der Waals surface area contributed by atoms with Crippen molar-refractivity contribution in [3.05, 3.63) is 167 Å². The van der Waals surface area contributed by atoms with Crippen LogP contribution in [0, 0.1) is 13.8 Å². The van der Waals surface area contributed by atoms with Crippen LogP contribution in [0.1, 0.15) is 40.3 Å². The van der Waals surface area contributed by atoms with Gasteiger partial charge in [-0.25, -0.2) is 4.98 Å². The standard InChI is InChI=1S/C46H42N12O9S3/c1-30-25-32(9-20-40(30)56-54-36-13-11-35(12-14-36)52-53-37-15-18-39(19-16-37)69(62,63)64)27-44-48-45(50-46(49-44)47-23-6-24-68(59,60)61)28-33-10-21-41(31(2)26-33)57-58-42-22-17-38(29-43(42)70(65,66)67)55-51-34-7-4-3-5-8-34/h3-5,7-22,25-26,29H,6,23-24,27-28H2,1-2H3,(H,59,60,61)(H,62,63,64)(H,65,66,67)(H,47,48,49,50). The predicted octanol–water partition coefficient (Wildman–Crippen LogP) is 11.5. The van der Waals surface area contributed by atoms with E-state index in [0.29, 0.717) is 57.8 Å². The van der Waals surface area contributed by atoms with Gasteiger partial charge in [-0.2, -0.15) is 71.0 Å². The minimum atomic E-state index is -4.71. The number of hydrogen-bond acceptors (Lipinski definition) is 18. The van der Waals surface area contributed by atoms with Crippen molar-refractivity contribution in [3.8, 4) is 0 Å². The summed E-state index contributed by atoms with van der Waals surface area (Å²) in [5.41, 5.74) is 6.33. The number of rotatable bonds is 19. The molecule has 6 aromatic carbocycles. The van der Waals surface area contributed by atoms with E-state index in [1.165, 1.54) is 36.4 Å². The second kappa shape index (κ2) is 22.1. The molecule has 1 heterocycles. The van der Waals surface area contributed by atoms with E-state index in [0.717, 1.165) is 22.8 Å². The Balaban J connectivity index is 1.04. The number of anilines is 1. The molecule has 0 aliphatic carbocycles. The van der Waals surface area contributed by atoms with E-state index in [1.54, 1.807) is 67.6 Å². The van der Waals surface area contributed by atoms with Gasteiger partial charge in [-0.1, -0.05) is 42.5 Å². The Morgan fingerprint density at radius 3 is 1.41 bits per heavy atom. The zero-order valence-corrected chi connectivity index (χ0v) is 39.6. The topological polar surface area (TPSA) is 313 Å². The van der Waals surface area contributed by atoms with Crippen molar-refractivity contribution in [1.29, 1.82) is 0 Å². The molecule has 0 unspecified atom stereocenters. The van der Waals surface area contributed by atoms with Gasteiger partial charge in [-0.05, 0) is 134 Å². The summed E-state index contributed by atoms with van der Waals surface area (Å²) in [7, 11) is -13.2. The molecule has 7 aromatic rings. The largest absolute Gasteiger partial charge is 0.354 e. The summed E-state index contributed by atoms with van der Waals surface area (Å²) < 4.78 is 98.1. The Morgan fingerprint density at radius 2 is 0.914 bits per heavy atom. The number of aromatic nitrogens is 3. The van der Waals surface area contributed by atoms with Crippen LogP contribution in [-0.2, 0) is 43.2 Å². The molecule has 0 atom stereocenters. The van der Waals surface area contributed by atoms with E-state index < -0.39 is 41.0 Å². The number of hydrogen-bond donors (Lipinski definition) is 4. The zero-order chi connectivity index (χ0) is 49.9. The summed E-state index contributed by atoms with van der Waals surface area (Å²) in [5, 5.41) is 36.6. The Kier molecular flexibility index (Phi) is 15.9. The quantitative estimate of drug-likeness (QED) is 0.0333. The fraction of sp³-hybridized carbons (Fsp3) is 0.152. The highest BCUT2D eigenvalue weighted by molar-refractivity contribution is 7.86. The van der Waals surface area contributed by atoms with E-state index in [9.17, 15) is 34.4 Å². The molecule has 0 amide bonds. The number of benzene rings is 6. The molecule has 0 aliphatic heterocycles. The number of nitrogens with zero attached hydrogens (tertiary/aromatic N) is 11. The van der Waals surface area contributed by atoms with Gasteiger partial charge in [0.05, 0.1) is 50.5 Å². The molecule has 7 rings (SSSR count). The third-order valence-electron chi connectivity index (χ3n) is 9.90. The monoisotopic (exact) mass is 1000 g/mol. The van der Waals surface area contributed by atoms with Crippen molar-refractivity contribution in [3.63, 3.8) is 0 Å². The maximum atomic E-state index is 12.3. The molecule has 70 heavy (non-hydrogen) atoms. The molecule has 1 aromatic heterocycles. The number of nitrogens with one attached hydrogen (secondary N) is 1. The third-order valence-corrected chi connectivity index (χ3v) is 12.5. The molecule has 0 aliphatic rings. The van der Waals surface area contributed by atoms with Crippen LogP contribution in [0.15, 0.2) is 184 Å². The molecule has 24 heteroatoms. The predicted molar refractivity (Wildman–Crippen MR) is 259 cm³/mol. The molecule has 4 N–H and O–H groups in total. The summed E-state index contributed by atoms with van der Waals surface area (Å²) in [6.45, 7) is 3.85. The first-order valence-corrected chi connectivity index (χ1v) is 25.4. The molecule has 0 spiro atoms. The second-order valence-electron chi connectivity index (χ2n) is 15.4.